The summed E-state index contributed by atoms with van der Waals surface area (Å²) < 4.78 is 16.8. The van der Waals surface area contributed by atoms with E-state index in [1.807, 2.05) is 54.1 Å². The Morgan fingerprint density at radius 1 is 0.977 bits per heavy atom. The highest BCUT2D eigenvalue weighted by Crippen LogP contribution is 2.30. The van der Waals surface area contributed by atoms with Crippen LogP contribution in [0, 0.1) is 17.1 Å². The molecule has 1 amide bonds. The number of nitriles is 1. The predicted octanol–water partition coefficient (Wildman–Crippen LogP) is 7.10. The van der Waals surface area contributed by atoms with Gasteiger partial charge in [0.05, 0.1) is 52.1 Å². The van der Waals surface area contributed by atoms with Crippen LogP contribution in [0.1, 0.15) is 50.5 Å². The van der Waals surface area contributed by atoms with Crippen LogP contribution in [0.2, 0.25) is 0 Å². The van der Waals surface area contributed by atoms with Crippen molar-refractivity contribution in [2.75, 3.05) is 0 Å². The maximum absolute atomic E-state index is 14.9. The summed E-state index contributed by atoms with van der Waals surface area (Å²) in [5.74, 6) is -1.71. The highest BCUT2D eigenvalue weighted by Gasteiger charge is 2.20. The number of hydrogen-bond donors (Lipinski definition) is 2. The fourth-order valence-corrected chi connectivity index (χ4v) is 5.27. The van der Waals surface area contributed by atoms with Crippen LogP contribution in [-0.4, -0.2) is 26.5 Å². The van der Waals surface area contributed by atoms with E-state index in [-0.39, 0.29) is 23.8 Å². The number of fused-ring (bicyclic) bond motifs is 2. The average Bonchev–Trinajstić information content (AvgIpc) is 3.43. The van der Waals surface area contributed by atoms with Crippen LogP contribution < -0.4 is 5.32 Å². The lowest BCUT2D eigenvalue weighted by Gasteiger charge is -2.17. The molecule has 6 rings (SSSR count). The van der Waals surface area contributed by atoms with E-state index in [4.69, 9.17) is 0 Å². The largest absolute Gasteiger partial charge is 0.478 e. The molecule has 0 aliphatic heterocycles. The highest BCUT2D eigenvalue weighted by atomic mass is 19.1. The third kappa shape index (κ3) is 5.44. The molecule has 0 aliphatic rings. The van der Waals surface area contributed by atoms with E-state index in [1.54, 1.807) is 42.5 Å². The lowest BCUT2D eigenvalue weighted by atomic mass is 9.98. The van der Waals surface area contributed by atoms with Crippen molar-refractivity contribution in [1.29, 1.82) is 5.26 Å². The Balaban J connectivity index is 1.41. The molecule has 0 saturated carbocycles. The Morgan fingerprint density at radius 3 is 2.44 bits per heavy atom. The number of nitrogens with one attached hydrogen (secondary N) is 1. The molecule has 2 heterocycles. The van der Waals surface area contributed by atoms with Crippen molar-refractivity contribution in [1.82, 2.24) is 14.9 Å². The van der Waals surface area contributed by atoms with Crippen LogP contribution in [0.25, 0.3) is 32.9 Å². The van der Waals surface area contributed by atoms with E-state index in [2.05, 4.69) is 16.4 Å². The minimum Gasteiger partial charge on any atom is -0.478 e. The number of carboxylic acid groups (broad SMARTS) is 1. The van der Waals surface area contributed by atoms with Gasteiger partial charge in [-0.3, -0.25) is 9.78 Å². The summed E-state index contributed by atoms with van der Waals surface area (Å²) in [6, 6.07) is 29.4. The van der Waals surface area contributed by atoms with Crippen molar-refractivity contribution in [2.45, 2.75) is 19.5 Å². The van der Waals surface area contributed by atoms with Gasteiger partial charge in [0, 0.05) is 17.0 Å². The molecular weight excluding hydrogens is 543 g/mol. The van der Waals surface area contributed by atoms with E-state index in [0.717, 1.165) is 22.1 Å². The Bertz CT molecular complexity index is 2060. The van der Waals surface area contributed by atoms with E-state index in [1.165, 1.54) is 18.2 Å². The van der Waals surface area contributed by atoms with Crippen molar-refractivity contribution in [2.24, 2.45) is 0 Å². The van der Waals surface area contributed by atoms with Crippen LogP contribution in [0.4, 0.5) is 4.39 Å². The topological polar surface area (TPSA) is 108 Å². The van der Waals surface area contributed by atoms with Crippen LogP contribution >= 0.6 is 0 Å². The van der Waals surface area contributed by atoms with Crippen molar-refractivity contribution < 1.29 is 19.1 Å². The van der Waals surface area contributed by atoms with E-state index in [9.17, 15) is 24.3 Å². The number of aromatic carboxylic acids is 1. The number of pyridine rings is 1. The second-order valence-electron chi connectivity index (χ2n) is 10.3. The number of carbonyl (C=O) groups is 2. The van der Waals surface area contributed by atoms with Gasteiger partial charge in [-0.25, -0.2) is 9.18 Å². The second-order valence-corrected chi connectivity index (χ2v) is 10.3. The lowest BCUT2D eigenvalue weighted by Crippen LogP contribution is -2.27. The predicted molar refractivity (Wildman–Crippen MR) is 162 cm³/mol. The van der Waals surface area contributed by atoms with Crippen molar-refractivity contribution in [3.8, 4) is 17.2 Å². The van der Waals surface area contributed by atoms with Gasteiger partial charge in [-0.05, 0) is 84.3 Å². The first-order valence-electron chi connectivity index (χ1n) is 13.6. The SMILES string of the molecule is C[C@H](NC(=O)c1cc(-c2ccc(C#N)cc2)cc2ccn(Cc3cc(F)c4ccccc4n3)c12)c1ccc(C(=O)O)cc1. The Morgan fingerprint density at radius 2 is 1.72 bits per heavy atom. The summed E-state index contributed by atoms with van der Waals surface area (Å²) in [7, 11) is 0. The molecule has 8 heteroatoms. The maximum atomic E-state index is 14.9. The molecule has 2 aromatic heterocycles. The molecule has 7 nitrogen and oxygen atoms in total. The van der Waals surface area contributed by atoms with Crippen LogP contribution in [0.15, 0.2) is 103 Å². The van der Waals surface area contributed by atoms with E-state index < -0.39 is 12.0 Å². The molecule has 0 unspecified atom stereocenters. The quantitative estimate of drug-likeness (QED) is 0.213. The first-order chi connectivity index (χ1) is 20.8. The summed E-state index contributed by atoms with van der Waals surface area (Å²) in [6.07, 6.45) is 1.85. The van der Waals surface area contributed by atoms with Gasteiger partial charge in [0.25, 0.3) is 5.91 Å². The van der Waals surface area contributed by atoms with Crippen LogP contribution in [0.5, 0.6) is 0 Å². The van der Waals surface area contributed by atoms with E-state index >= 15 is 0 Å². The Labute approximate surface area is 246 Å². The number of carbonyl (C=O) groups excluding carboxylic acids is 1. The minimum absolute atomic E-state index is 0.163. The van der Waals surface area contributed by atoms with Gasteiger partial charge in [-0.15, -0.1) is 0 Å². The zero-order valence-electron chi connectivity index (χ0n) is 23.1. The number of nitrogens with zero attached hydrogens (tertiary/aromatic N) is 3. The number of halogens is 1. The number of hydrogen-bond acceptors (Lipinski definition) is 4. The maximum Gasteiger partial charge on any atom is 0.335 e. The Kier molecular flexibility index (Phi) is 7.14. The number of aromatic nitrogens is 2. The fraction of sp³-hybridized carbons (Fsp3) is 0.0857. The van der Waals surface area contributed by atoms with Gasteiger partial charge in [0.15, 0.2) is 0 Å². The number of amides is 1. The molecule has 0 aliphatic carbocycles. The standard InChI is InChI=1S/C35H25FN4O3/c1-21(23-10-12-25(13-11-23)35(42)43)38-34(41)30-17-27(24-8-6-22(19-37)7-9-24)16-26-14-15-40(33(26)30)20-28-18-31(36)29-4-2-3-5-32(29)39-28/h2-18,21H,20H2,1H3,(H,38,41)(H,42,43)/t21-/m0/s1. The number of carboxylic acids is 1. The third-order valence-electron chi connectivity index (χ3n) is 7.51. The molecule has 0 bridgehead atoms. The summed E-state index contributed by atoms with van der Waals surface area (Å²) in [6.45, 7) is 2.07. The molecule has 210 valence electrons. The van der Waals surface area contributed by atoms with Gasteiger partial charge in [-0.2, -0.15) is 5.26 Å². The lowest BCUT2D eigenvalue weighted by molar-refractivity contribution is 0.0696. The molecular formula is C35H25FN4O3. The van der Waals surface area contributed by atoms with Gasteiger partial charge < -0.3 is 15.0 Å². The van der Waals surface area contributed by atoms with Crippen LogP contribution in [0.3, 0.4) is 0 Å². The zero-order chi connectivity index (χ0) is 30.1. The fourth-order valence-electron chi connectivity index (χ4n) is 5.27. The number of benzene rings is 4. The monoisotopic (exact) mass is 568 g/mol. The van der Waals surface area contributed by atoms with Crippen molar-refractivity contribution >= 4 is 33.7 Å². The molecule has 1 atom stereocenters. The number of para-hydroxylation sites is 1. The Hall–Kier alpha value is -5.81. The van der Waals surface area contributed by atoms with E-state index in [0.29, 0.717) is 33.2 Å². The van der Waals surface area contributed by atoms with Crippen LogP contribution in [-0.2, 0) is 6.54 Å². The first-order valence-corrected chi connectivity index (χ1v) is 13.6. The summed E-state index contributed by atoms with van der Waals surface area (Å²) in [5.41, 5.74) is 5.25. The molecule has 6 aromatic rings. The minimum atomic E-state index is -1.02. The third-order valence-corrected chi connectivity index (χ3v) is 7.51. The molecule has 4 aromatic carbocycles. The normalized spacial score (nSPS) is 11.7. The molecule has 0 fully saturated rings. The number of rotatable bonds is 7. The second kappa shape index (κ2) is 11.2. The molecule has 0 saturated heterocycles. The van der Waals surface area contributed by atoms with Gasteiger partial charge >= 0.3 is 5.97 Å². The summed E-state index contributed by atoms with van der Waals surface area (Å²) in [5, 5.41) is 22.7. The highest BCUT2D eigenvalue weighted by molar-refractivity contribution is 6.08. The van der Waals surface area contributed by atoms with Gasteiger partial charge in [-0.1, -0.05) is 36.4 Å². The average molecular weight is 569 g/mol. The van der Waals surface area contributed by atoms with Gasteiger partial charge in [0.1, 0.15) is 5.82 Å². The molecule has 0 radical (unpaired) electrons. The van der Waals surface area contributed by atoms with Crippen molar-refractivity contribution in [3.05, 3.63) is 137 Å². The van der Waals surface area contributed by atoms with Gasteiger partial charge in [0.2, 0.25) is 0 Å². The smallest absolute Gasteiger partial charge is 0.335 e. The molecule has 0 spiro atoms. The zero-order valence-corrected chi connectivity index (χ0v) is 23.1. The molecule has 43 heavy (non-hydrogen) atoms. The van der Waals surface area contributed by atoms with Crippen molar-refractivity contribution in [3.63, 3.8) is 0 Å². The summed E-state index contributed by atoms with van der Waals surface area (Å²) in [4.78, 5) is 29.8. The summed E-state index contributed by atoms with van der Waals surface area (Å²) >= 11 is 0. The first kappa shape index (κ1) is 27.4. The molecule has 2 N–H and O–H groups in total.